The number of ether oxygens (including phenoxy) is 1. The molecule has 1 aliphatic rings. The van der Waals surface area contributed by atoms with E-state index in [0.717, 1.165) is 35.5 Å². The van der Waals surface area contributed by atoms with Crippen molar-refractivity contribution in [2.75, 3.05) is 14.2 Å². The summed E-state index contributed by atoms with van der Waals surface area (Å²) in [5.41, 5.74) is 0.790. The molecule has 0 saturated heterocycles. The molecule has 1 fully saturated rings. The lowest BCUT2D eigenvalue weighted by atomic mass is 9.74. The van der Waals surface area contributed by atoms with Crippen molar-refractivity contribution in [3.63, 3.8) is 0 Å². The van der Waals surface area contributed by atoms with Crippen LogP contribution in [-0.2, 0) is 4.74 Å². The zero-order valence-corrected chi connectivity index (χ0v) is 13.2. The first-order valence-electron chi connectivity index (χ1n) is 7.89. The minimum atomic E-state index is -0.158. The molecule has 1 heterocycles. The molecule has 0 amide bonds. The topological polar surface area (TPSA) is 34.4 Å². The highest BCUT2D eigenvalue weighted by Crippen LogP contribution is 2.43. The van der Waals surface area contributed by atoms with Crippen molar-refractivity contribution in [1.82, 2.24) is 5.32 Å². The maximum absolute atomic E-state index is 6.09. The lowest BCUT2D eigenvalue weighted by Gasteiger charge is -2.43. The van der Waals surface area contributed by atoms with Crippen LogP contribution in [0.3, 0.4) is 0 Å². The van der Waals surface area contributed by atoms with Crippen LogP contribution < -0.4 is 5.32 Å². The van der Waals surface area contributed by atoms with Crippen LogP contribution >= 0.6 is 0 Å². The molecule has 1 saturated carbocycles. The minimum absolute atomic E-state index is 0.0994. The summed E-state index contributed by atoms with van der Waals surface area (Å²) in [6, 6.07) is 10.4. The molecule has 0 spiro atoms. The monoisotopic (exact) mass is 287 g/mol. The largest absolute Gasteiger partial charge is 0.459 e. The van der Waals surface area contributed by atoms with Gasteiger partial charge in [-0.3, -0.25) is 0 Å². The van der Waals surface area contributed by atoms with E-state index in [-0.39, 0.29) is 11.6 Å². The minimum Gasteiger partial charge on any atom is -0.459 e. The van der Waals surface area contributed by atoms with Crippen molar-refractivity contribution < 1.29 is 9.15 Å². The summed E-state index contributed by atoms with van der Waals surface area (Å²) < 4.78 is 12.1. The Balaban J connectivity index is 1.96. The Kier molecular flexibility index (Phi) is 4.05. The Bertz CT molecular complexity index is 563. The lowest BCUT2D eigenvalue weighted by molar-refractivity contribution is -0.0785. The van der Waals surface area contributed by atoms with E-state index in [1.165, 1.54) is 12.8 Å². The van der Waals surface area contributed by atoms with E-state index in [4.69, 9.17) is 9.15 Å². The number of furan rings is 1. The number of likely N-dealkylation sites (N-methyl/N-ethyl adjacent to an activating group) is 1. The number of rotatable bonds is 4. The van der Waals surface area contributed by atoms with Gasteiger partial charge in [0.15, 0.2) is 0 Å². The molecule has 114 valence electrons. The highest BCUT2D eigenvalue weighted by molar-refractivity contribution is 5.77. The number of methoxy groups -OCH3 is 1. The summed E-state index contributed by atoms with van der Waals surface area (Å²) in [7, 11) is 3.83. The second-order valence-electron chi connectivity index (χ2n) is 6.36. The molecule has 0 radical (unpaired) electrons. The number of para-hydroxylation sites is 1. The second-order valence-corrected chi connectivity index (χ2v) is 6.36. The van der Waals surface area contributed by atoms with Crippen molar-refractivity contribution >= 4 is 11.0 Å². The molecule has 3 heteroatoms. The van der Waals surface area contributed by atoms with E-state index in [9.17, 15) is 0 Å². The molecule has 1 aromatic carbocycles. The smallest absolute Gasteiger partial charge is 0.134 e. The standard InChI is InChI=1S/C18H25NO2/c1-13-8-10-18(20-3,11-9-13)17(19-2)16-12-14-6-4-5-7-15(14)21-16/h4-7,12-13,17,19H,8-11H2,1-3H3. The highest BCUT2D eigenvalue weighted by Gasteiger charge is 2.43. The Labute approximate surface area is 126 Å². The number of nitrogens with one attached hydrogen (secondary N) is 1. The van der Waals surface area contributed by atoms with Crippen LogP contribution in [0.5, 0.6) is 0 Å². The molecular formula is C18H25NO2. The first kappa shape index (κ1) is 14.6. The van der Waals surface area contributed by atoms with Crippen LogP contribution in [0.2, 0.25) is 0 Å². The fraction of sp³-hybridized carbons (Fsp3) is 0.556. The highest BCUT2D eigenvalue weighted by atomic mass is 16.5. The molecule has 0 aliphatic heterocycles. The number of hydrogen-bond acceptors (Lipinski definition) is 3. The van der Waals surface area contributed by atoms with E-state index < -0.39 is 0 Å². The van der Waals surface area contributed by atoms with E-state index in [2.05, 4.69) is 24.4 Å². The molecule has 1 aromatic heterocycles. The van der Waals surface area contributed by atoms with E-state index in [1.54, 1.807) is 0 Å². The van der Waals surface area contributed by atoms with Crippen molar-refractivity contribution in [1.29, 1.82) is 0 Å². The van der Waals surface area contributed by atoms with Gasteiger partial charge in [-0.2, -0.15) is 0 Å². The Morgan fingerprint density at radius 2 is 2.00 bits per heavy atom. The van der Waals surface area contributed by atoms with Crippen LogP contribution in [0.1, 0.15) is 44.4 Å². The third-order valence-electron chi connectivity index (χ3n) is 5.07. The maximum atomic E-state index is 6.09. The molecule has 3 rings (SSSR count). The number of fused-ring (bicyclic) bond motifs is 1. The Morgan fingerprint density at radius 1 is 1.29 bits per heavy atom. The van der Waals surface area contributed by atoms with Crippen LogP contribution in [0, 0.1) is 5.92 Å². The molecule has 3 nitrogen and oxygen atoms in total. The van der Waals surface area contributed by atoms with Gasteiger partial charge in [0.05, 0.1) is 11.6 Å². The van der Waals surface area contributed by atoms with Crippen LogP contribution in [0.25, 0.3) is 11.0 Å². The van der Waals surface area contributed by atoms with Crippen molar-refractivity contribution in [2.45, 2.75) is 44.2 Å². The predicted octanol–water partition coefficient (Wildman–Crippen LogP) is 4.29. The van der Waals surface area contributed by atoms with Gasteiger partial charge in [-0.15, -0.1) is 0 Å². The second kappa shape index (κ2) is 5.82. The van der Waals surface area contributed by atoms with Gasteiger partial charge in [0, 0.05) is 12.5 Å². The van der Waals surface area contributed by atoms with Gasteiger partial charge in [0.2, 0.25) is 0 Å². The molecule has 0 bridgehead atoms. The summed E-state index contributed by atoms with van der Waals surface area (Å²) >= 11 is 0. The van der Waals surface area contributed by atoms with E-state index in [0.29, 0.717) is 0 Å². The zero-order valence-electron chi connectivity index (χ0n) is 13.2. The molecule has 1 aliphatic carbocycles. The molecule has 21 heavy (non-hydrogen) atoms. The summed E-state index contributed by atoms with van der Waals surface area (Å²) in [5, 5.41) is 4.59. The SMILES string of the molecule is CNC(c1cc2ccccc2o1)C1(OC)CCC(C)CC1. The van der Waals surface area contributed by atoms with E-state index in [1.807, 2.05) is 32.4 Å². The van der Waals surface area contributed by atoms with Gasteiger partial charge in [-0.1, -0.05) is 25.1 Å². The molecule has 1 atom stereocenters. The van der Waals surface area contributed by atoms with Crippen molar-refractivity contribution in [3.8, 4) is 0 Å². The lowest BCUT2D eigenvalue weighted by Crippen LogP contribution is -2.46. The summed E-state index contributed by atoms with van der Waals surface area (Å²) in [5.74, 6) is 1.77. The number of hydrogen-bond donors (Lipinski definition) is 1. The van der Waals surface area contributed by atoms with Crippen LogP contribution in [-0.4, -0.2) is 19.8 Å². The third kappa shape index (κ3) is 2.60. The van der Waals surface area contributed by atoms with Gasteiger partial charge >= 0.3 is 0 Å². The summed E-state index contributed by atoms with van der Waals surface area (Å²) in [6.45, 7) is 2.33. The van der Waals surface area contributed by atoms with Crippen LogP contribution in [0.4, 0.5) is 0 Å². The Hall–Kier alpha value is -1.32. The molecule has 1 N–H and O–H groups in total. The van der Waals surface area contributed by atoms with Crippen molar-refractivity contribution in [3.05, 3.63) is 36.1 Å². The van der Waals surface area contributed by atoms with Gasteiger partial charge in [-0.25, -0.2) is 0 Å². The van der Waals surface area contributed by atoms with Gasteiger partial charge in [0.1, 0.15) is 11.3 Å². The average Bonchev–Trinajstić information content (AvgIpc) is 2.93. The van der Waals surface area contributed by atoms with Gasteiger partial charge < -0.3 is 14.5 Å². The predicted molar refractivity (Wildman–Crippen MR) is 85.4 cm³/mol. The van der Waals surface area contributed by atoms with Gasteiger partial charge in [0.25, 0.3) is 0 Å². The first-order valence-corrected chi connectivity index (χ1v) is 7.89. The molecule has 2 aromatic rings. The summed E-state index contributed by atoms with van der Waals surface area (Å²) in [4.78, 5) is 0. The van der Waals surface area contributed by atoms with Crippen LogP contribution in [0.15, 0.2) is 34.7 Å². The van der Waals surface area contributed by atoms with Crippen molar-refractivity contribution in [2.24, 2.45) is 5.92 Å². The molecular weight excluding hydrogens is 262 g/mol. The molecule has 1 unspecified atom stereocenters. The van der Waals surface area contributed by atoms with E-state index >= 15 is 0 Å². The normalized spacial score (nSPS) is 27.9. The first-order chi connectivity index (χ1) is 10.2. The van der Waals surface area contributed by atoms with Gasteiger partial charge in [-0.05, 0) is 50.8 Å². The zero-order chi connectivity index (χ0) is 14.9. The fourth-order valence-electron chi connectivity index (χ4n) is 3.67. The maximum Gasteiger partial charge on any atom is 0.134 e. The summed E-state index contributed by atoms with van der Waals surface area (Å²) in [6.07, 6.45) is 4.58. The average molecular weight is 287 g/mol. The Morgan fingerprint density at radius 3 is 2.62 bits per heavy atom. The fourth-order valence-corrected chi connectivity index (χ4v) is 3.67. The third-order valence-corrected chi connectivity index (χ3v) is 5.07. The number of benzene rings is 1. The quantitative estimate of drug-likeness (QED) is 0.911.